The second kappa shape index (κ2) is 5.32. The fourth-order valence-electron chi connectivity index (χ4n) is 1.91. The third kappa shape index (κ3) is 5.73. The van der Waals surface area contributed by atoms with Crippen molar-refractivity contribution in [3.8, 4) is 0 Å². The van der Waals surface area contributed by atoms with Crippen molar-refractivity contribution < 1.29 is 4.79 Å². The van der Waals surface area contributed by atoms with Gasteiger partial charge >= 0.3 is 0 Å². The number of hydrogen-bond donors (Lipinski definition) is 3. The summed E-state index contributed by atoms with van der Waals surface area (Å²) >= 11 is 0. The molecule has 0 aliphatic rings. The molecule has 0 saturated heterocycles. The molecule has 0 unspecified atom stereocenters. The number of hydrogen-bond acceptors (Lipinski definition) is 2. The van der Waals surface area contributed by atoms with Gasteiger partial charge in [0.05, 0.1) is 12.4 Å². The third-order valence-corrected chi connectivity index (χ3v) is 2.35. The van der Waals surface area contributed by atoms with Gasteiger partial charge in [-0.15, -0.1) is 0 Å². The van der Waals surface area contributed by atoms with Gasteiger partial charge in [0.25, 0.3) is 0 Å². The lowest BCUT2D eigenvalue weighted by Gasteiger charge is -2.33. The van der Waals surface area contributed by atoms with Crippen LogP contribution in [-0.4, -0.2) is 25.3 Å². The predicted molar refractivity (Wildman–Crippen MR) is 67.6 cm³/mol. The summed E-state index contributed by atoms with van der Waals surface area (Å²) in [7, 11) is 1.59. The maximum Gasteiger partial charge on any atom is 0.239 e. The summed E-state index contributed by atoms with van der Waals surface area (Å²) in [6.07, 6.45) is 0.902. The smallest absolute Gasteiger partial charge is 0.239 e. The van der Waals surface area contributed by atoms with E-state index in [2.05, 4.69) is 31.4 Å². The molecule has 0 aliphatic carbocycles. The largest absolute Gasteiger partial charge is 0.365 e. The van der Waals surface area contributed by atoms with Crippen LogP contribution in [0.25, 0.3) is 0 Å². The van der Waals surface area contributed by atoms with Crippen molar-refractivity contribution in [2.24, 2.45) is 10.8 Å². The molecule has 4 heteroatoms. The predicted octanol–water partition coefficient (Wildman–Crippen LogP) is 1.76. The van der Waals surface area contributed by atoms with Crippen LogP contribution < -0.4 is 10.6 Å². The quantitative estimate of drug-likeness (QED) is 0.506. The van der Waals surface area contributed by atoms with Gasteiger partial charge in [0.1, 0.15) is 0 Å². The summed E-state index contributed by atoms with van der Waals surface area (Å²) in [5.41, 5.74) is -0.0588. The number of likely N-dealkylation sites (N-methyl/N-ethyl adjacent to an activating group) is 1. The first-order valence-electron chi connectivity index (χ1n) is 5.62. The topological polar surface area (TPSA) is 65.0 Å². The van der Waals surface area contributed by atoms with Gasteiger partial charge in [0.15, 0.2) is 0 Å². The van der Waals surface area contributed by atoms with Crippen LogP contribution in [0.3, 0.4) is 0 Å². The fourth-order valence-corrected chi connectivity index (χ4v) is 1.91. The molecule has 0 heterocycles. The molecule has 0 aliphatic heterocycles. The minimum Gasteiger partial charge on any atom is -0.365 e. The molecule has 4 nitrogen and oxygen atoms in total. The lowest BCUT2D eigenvalue weighted by atomic mass is 9.75. The highest BCUT2D eigenvalue weighted by Gasteiger charge is 2.29. The lowest BCUT2D eigenvalue weighted by Crippen LogP contribution is -2.43. The minimum atomic E-state index is -0.230. The van der Waals surface area contributed by atoms with Crippen LogP contribution in [-0.2, 0) is 4.79 Å². The van der Waals surface area contributed by atoms with Crippen molar-refractivity contribution in [2.45, 2.75) is 41.0 Å². The molecule has 0 radical (unpaired) electrons. The standard InChI is InChI=1S/C12H25N3O/c1-11(2,3)8-12(4,5)10(13)15-7-9(16)14-6/h7-8H2,1-6H3,(H2,13,15)(H,14,16). The van der Waals surface area contributed by atoms with Crippen molar-refractivity contribution in [1.82, 2.24) is 10.6 Å². The van der Waals surface area contributed by atoms with Gasteiger partial charge in [-0.05, 0) is 11.8 Å². The van der Waals surface area contributed by atoms with Crippen LogP contribution in [0.15, 0.2) is 0 Å². The Balaban J connectivity index is 4.30. The molecule has 1 amide bonds. The van der Waals surface area contributed by atoms with Crippen molar-refractivity contribution in [2.75, 3.05) is 13.6 Å². The highest BCUT2D eigenvalue weighted by atomic mass is 16.1. The molecule has 0 spiro atoms. The van der Waals surface area contributed by atoms with E-state index in [0.717, 1.165) is 6.42 Å². The van der Waals surface area contributed by atoms with Crippen LogP contribution in [0.1, 0.15) is 41.0 Å². The third-order valence-electron chi connectivity index (χ3n) is 2.35. The lowest BCUT2D eigenvalue weighted by molar-refractivity contribution is -0.119. The SMILES string of the molecule is CNC(=O)CNC(=N)C(C)(C)CC(C)(C)C. The first-order valence-corrected chi connectivity index (χ1v) is 5.62. The Morgan fingerprint density at radius 1 is 1.19 bits per heavy atom. The van der Waals surface area contributed by atoms with E-state index in [1.807, 2.05) is 13.8 Å². The van der Waals surface area contributed by atoms with Crippen molar-refractivity contribution in [1.29, 1.82) is 5.41 Å². The monoisotopic (exact) mass is 227 g/mol. The number of amidine groups is 1. The van der Waals surface area contributed by atoms with Gasteiger partial charge in [-0.25, -0.2) is 0 Å². The van der Waals surface area contributed by atoms with Crippen LogP contribution in [0.4, 0.5) is 0 Å². The number of rotatable bonds is 4. The van der Waals surface area contributed by atoms with Gasteiger partial charge in [-0.2, -0.15) is 0 Å². The van der Waals surface area contributed by atoms with Crippen LogP contribution in [0.2, 0.25) is 0 Å². The number of carbonyl (C=O) groups excluding carboxylic acids is 1. The average Bonchev–Trinajstić information content (AvgIpc) is 2.09. The van der Waals surface area contributed by atoms with Gasteiger partial charge in [0, 0.05) is 12.5 Å². The van der Waals surface area contributed by atoms with E-state index in [9.17, 15) is 4.79 Å². The molecule has 0 aromatic rings. The second-order valence-electron chi connectivity index (χ2n) is 6.02. The van der Waals surface area contributed by atoms with E-state index >= 15 is 0 Å². The van der Waals surface area contributed by atoms with Crippen LogP contribution in [0, 0.1) is 16.2 Å². The van der Waals surface area contributed by atoms with E-state index in [4.69, 9.17) is 5.41 Å². The molecule has 0 aromatic carbocycles. The van der Waals surface area contributed by atoms with E-state index in [1.165, 1.54) is 0 Å². The van der Waals surface area contributed by atoms with Crippen molar-refractivity contribution in [3.05, 3.63) is 0 Å². The Kier molecular flexibility index (Phi) is 4.97. The summed E-state index contributed by atoms with van der Waals surface area (Å²) in [5.74, 6) is 0.322. The Hall–Kier alpha value is -1.06. The summed E-state index contributed by atoms with van der Waals surface area (Å²) < 4.78 is 0. The van der Waals surface area contributed by atoms with Gasteiger partial charge < -0.3 is 10.6 Å². The number of carbonyl (C=O) groups is 1. The molecule has 94 valence electrons. The first kappa shape index (κ1) is 14.9. The summed E-state index contributed by atoms with van der Waals surface area (Å²) in [6, 6.07) is 0. The van der Waals surface area contributed by atoms with E-state index < -0.39 is 0 Å². The molecule has 0 rings (SSSR count). The Morgan fingerprint density at radius 3 is 2.06 bits per heavy atom. The maximum atomic E-state index is 11.1. The first-order chi connectivity index (χ1) is 7.08. The highest BCUT2D eigenvalue weighted by Crippen LogP contribution is 2.33. The molecule has 0 fully saturated rings. The van der Waals surface area contributed by atoms with Gasteiger partial charge in [0.2, 0.25) is 5.91 Å². The van der Waals surface area contributed by atoms with E-state index in [-0.39, 0.29) is 23.3 Å². The summed E-state index contributed by atoms with van der Waals surface area (Å²) in [4.78, 5) is 11.1. The maximum absolute atomic E-state index is 11.1. The minimum absolute atomic E-state index is 0.101. The van der Waals surface area contributed by atoms with Crippen molar-refractivity contribution in [3.63, 3.8) is 0 Å². The molecular formula is C12H25N3O. The van der Waals surface area contributed by atoms with Crippen LogP contribution in [0.5, 0.6) is 0 Å². The zero-order valence-electron chi connectivity index (χ0n) is 11.3. The second-order valence-corrected chi connectivity index (χ2v) is 6.02. The summed E-state index contributed by atoms with van der Waals surface area (Å²) in [5, 5.41) is 13.3. The van der Waals surface area contributed by atoms with E-state index in [1.54, 1.807) is 7.05 Å². The molecule has 16 heavy (non-hydrogen) atoms. The molecule has 0 bridgehead atoms. The molecule has 0 atom stereocenters. The van der Waals surface area contributed by atoms with Crippen LogP contribution >= 0.6 is 0 Å². The average molecular weight is 227 g/mol. The fraction of sp³-hybridized carbons (Fsp3) is 0.833. The Morgan fingerprint density at radius 2 is 1.69 bits per heavy atom. The Bertz CT molecular complexity index is 264. The molecule has 0 saturated carbocycles. The normalized spacial score (nSPS) is 12.1. The molecule has 0 aromatic heterocycles. The molecule has 3 N–H and O–H groups in total. The number of nitrogens with one attached hydrogen (secondary N) is 3. The van der Waals surface area contributed by atoms with Crippen molar-refractivity contribution >= 4 is 11.7 Å². The zero-order chi connectivity index (χ0) is 13.0. The Labute approximate surface area is 98.7 Å². The molecular weight excluding hydrogens is 202 g/mol. The zero-order valence-corrected chi connectivity index (χ0v) is 11.3. The van der Waals surface area contributed by atoms with E-state index in [0.29, 0.717) is 5.84 Å². The number of amides is 1. The van der Waals surface area contributed by atoms with Gasteiger partial charge in [-0.3, -0.25) is 10.2 Å². The van der Waals surface area contributed by atoms with Gasteiger partial charge in [-0.1, -0.05) is 34.6 Å². The highest BCUT2D eigenvalue weighted by molar-refractivity contribution is 5.89. The summed E-state index contributed by atoms with van der Waals surface area (Å²) in [6.45, 7) is 10.7.